The molecule has 4 rings (SSSR count). The van der Waals surface area contributed by atoms with Crippen molar-refractivity contribution in [2.75, 3.05) is 17.6 Å². The number of benzene rings is 2. The van der Waals surface area contributed by atoms with Crippen LogP contribution in [0.15, 0.2) is 54.6 Å². The summed E-state index contributed by atoms with van der Waals surface area (Å²) in [6, 6.07) is 18.9. The lowest BCUT2D eigenvalue weighted by Crippen LogP contribution is -2.26. The van der Waals surface area contributed by atoms with E-state index in [2.05, 4.69) is 69.1 Å². The smallest absolute Gasteiger partial charge is 0.222 e. The van der Waals surface area contributed by atoms with Crippen molar-refractivity contribution in [2.45, 2.75) is 19.5 Å². The Kier molecular flexibility index (Phi) is 4.31. The van der Waals surface area contributed by atoms with Crippen molar-refractivity contribution in [3.63, 3.8) is 0 Å². The van der Waals surface area contributed by atoms with Crippen LogP contribution < -0.4 is 16.4 Å². The van der Waals surface area contributed by atoms with Gasteiger partial charge >= 0.3 is 0 Å². The van der Waals surface area contributed by atoms with Crippen molar-refractivity contribution in [1.82, 2.24) is 15.3 Å². The standard InChI is InChI=1S/C20H21N5/c21-20-24-18-13-22-11-10-17(18)19(25-20)23-12-15-8-4-5-9-16(15)14-6-2-1-3-7-14/h1-9,22H,10-13H2,(H3,21,23,24,25). The Labute approximate surface area is 147 Å². The first kappa shape index (κ1) is 15.6. The number of nitrogens with two attached hydrogens (primary N) is 1. The highest BCUT2D eigenvalue weighted by Gasteiger charge is 2.17. The molecule has 3 aromatic rings. The van der Waals surface area contributed by atoms with Crippen LogP contribution in [0.25, 0.3) is 11.1 Å². The van der Waals surface area contributed by atoms with Crippen LogP contribution in [0, 0.1) is 0 Å². The zero-order chi connectivity index (χ0) is 17.1. The van der Waals surface area contributed by atoms with Crippen LogP contribution >= 0.6 is 0 Å². The maximum Gasteiger partial charge on any atom is 0.222 e. The van der Waals surface area contributed by atoms with Crippen LogP contribution in [0.5, 0.6) is 0 Å². The molecule has 0 unspecified atom stereocenters. The molecule has 0 saturated carbocycles. The van der Waals surface area contributed by atoms with Gasteiger partial charge < -0.3 is 16.4 Å². The third-order valence-electron chi connectivity index (χ3n) is 4.50. The van der Waals surface area contributed by atoms with Crippen molar-refractivity contribution in [3.05, 3.63) is 71.4 Å². The molecule has 1 aromatic heterocycles. The molecule has 0 spiro atoms. The zero-order valence-electron chi connectivity index (χ0n) is 14.0. The summed E-state index contributed by atoms with van der Waals surface area (Å²) in [5, 5.41) is 6.81. The minimum atomic E-state index is 0.321. The molecule has 0 aliphatic carbocycles. The fourth-order valence-corrected chi connectivity index (χ4v) is 3.28. The molecule has 126 valence electrons. The van der Waals surface area contributed by atoms with Crippen LogP contribution in [0.1, 0.15) is 16.8 Å². The van der Waals surface area contributed by atoms with Crippen molar-refractivity contribution >= 4 is 11.8 Å². The van der Waals surface area contributed by atoms with Gasteiger partial charge in [-0.2, -0.15) is 4.98 Å². The van der Waals surface area contributed by atoms with Crippen LogP contribution in [-0.4, -0.2) is 16.5 Å². The molecule has 0 fully saturated rings. The molecule has 25 heavy (non-hydrogen) atoms. The van der Waals surface area contributed by atoms with Crippen molar-refractivity contribution in [1.29, 1.82) is 0 Å². The highest BCUT2D eigenvalue weighted by atomic mass is 15.1. The van der Waals surface area contributed by atoms with Gasteiger partial charge in [0.15, 0.2) is 0 Å². The number of aromatic nitrogens is 2. The van der Waals surface area contributed by atoms with Gasteiger partial charge in [-0.3, -0.25) is 0 Å². The van der Waals surface area contributed by atoms with E-state index in [0.29, 0.717) is 12.5 Å². The van der Waals surface area contributed by atoms with Gasteiger partial charge in [0, 0.05) is 18.7 Å². The van der Waals surface area contributed by atoms with Gasteiger partial charge in [0.25, 0.3) is 0 Å². The summed E-state index contributed by atoms with van der Waals surface area (Å²) in [6.45, 7) is 2.38. The second-order valence-electron chi connectivity index (χ2n) is 6.16. The zero-order valence-corrected chi connectivity index (χ0v) is 14.0. The van der Waals surface area contributed by atoms with E-state index < -0.39 is 0 Å². The van der Waals surface area contributed by atoms with Gasteiger partial charge in [-0.25, -0.2) is 4.98 Å². The lowest BCUT2D eigenvalue weighted by atomic mass is 9.99. The van der Waals surface area contributed by atoms with Gasteiger partial charge in [-0.1, -0.05) is 54.6 Å². The summed E-state index contributed by atoms with van der Waals surface area (Å²) < 4.78 is 0. The third-order valence-corrected chi connectivity index (χ3v) is 4.50. The van der Waals surface area contributed by atoms with Crippen LogP contribution in [0.4, 0.5) is 11.8 Å². The Morgan fingerprint density at radius 2 is 1.80 bits per heavy atom. The van der Waals surface area contributed by atoms with E-state index in [1.807, 2.05) is 6.07 Å². The van der Waals surface area contributed by atoms with Gasteiger partial charge in [0.2, 0.25) is 5.95 Å². The first-order chi connectivity index (χ1) is 12.3. The van der Waals surface area contributed by atoms with E-state index in [9.17, 15) is 0 Å². The minimum absolute atomic E-state index is 0.321. The Bertz CT molecular complexity index is 877. The molecule has 1 aliphatic heterocycles. The summed E-state index contributed by atoms with van der Waals surface area (Å²) in [4.78, 5) is 8.79. The minimum Gasteiger partial charge on any atom is -0.368 e. The van der Waals surface area contributed by atoms with E-state index >= 15 is 0 Å². The fraction of sp³-hybridized carbons (Fsp3) is 0.200. The number of rotatable bonds is 4. The van der Waals surface area contributed by atoms with E-state index in [1.54, 1.807) is 0 Å². The number of hydrogen-bond donors (Lipinski definition) is 3. The number of nitrogens with one attached hydrogen (secondary N) is 2. The first-order valence-electron chi connectivity index (χ1n) is 8.54. The molecule has 2 aromatic carbocycles. The van der Waals surface area contributed by atoms with E-state index in [4.69, 9.17) is 5.73 Å². The normalized spacial score (nSPS) is 13.3. The molecule has 4 N–H and O–H groups in total. The molecule has 0 saturated heterocycles. The largest absolute Gasteiger partial charge is 0.368 e. The van der Waals surface area contributed by atoms with Gasteiger partial charge in [-0.05, 0) is 29.7 Å². The lowest BCUT2D eigenvalue weighted by Gasteiger charge is -2.20. The molecular weight excluding hydrogens is 310 g/mol. The highest BCUT2D eigenvalue weighted by Crippen LogP contribution is 2.26. The summed E-state index contributed by atoms with van der Waals surface area (Å²) in [5.41, 5.74) is 11.7. The molecule has 0 bridgehead atoms. The topological polar surface area (TPSA) is 75.9 Å². The average Bonchev–Trinajstić information content (AvgIpc) is 2.67. The number of nitrogens with zero attached hydrogens (tertiary/aromatic N) is 2. The van der Waals surface area contributed by atoms with Gasteiger partial charge in [-0.15, -0.1) is 0 Å². The molecule has 1 aliphatic rings. The van der Waals surface area contributed by atoms with E-state index in [-0.39, 0.29) is 0 Å². The maximum atomic E-state index is 5.88. The summed E-state index contributed by atoms with van der Waals surface area (Å²) in [5.74, 6) is 1.17. The molecule has 2 heterocycles. The molecular formula is C20H21N5. The molecule has 0 amide bonds. The average molecular weight is 331 g/mol. The maximum absolute atomic E-state index is 5.88. The summed E-state index contributed by atoms with van der Waals surface area (Å²) >= 11 is 0. The summed E-state index contributed by atoms with van der Waals surface area (Å²) in [7, 11) is 0. The molecule has 0 atom stereocenters. The van der Waals surface area contributed by atoms with E-state index in [1.165, 1.54) is 22.3 Å². The predicted octanol–water partition coefficient (Wildman–Crippen LogP) is 2.98. The number of fused-ring (bicyclic) bond motifs is 1. The second kappa shape index (κ2) is 6.91. The molecule has 5 nitrogen and oxygen atoms in total. The highest BCUT2D eigenvalue weighted by molar-refractivity contribution is 5.67. The number of anilines is 2. The Morgan fingerprint density at radius 1 is 1.00 bits per heavy atom. The van der Waals surface area contributed by atoms with Crippen molar-refractivity contribution in [2.24, 2.45) is 0 Å². The first-order valence-corrected chi connectivity index (χ1v) is 8.54. The van der Waals surface area contributed by atoms with Crippen molar-refractivity contribution < 1.29 is 0 Å². The Balaban J connectivity index is 1.62. The fourth-order valence-electron chi connectivity index (χ4n) is 3.28. The SMILES string of the molecule is Nc1nc2c(c(NCc3ccccc3-c3ccccc3)n1)CCNC2. The van der Waals surface area contributed by atoms with Crippen LogP contribution in [-0.2, 0) is 19.5 Å². The number of hydrogen-bond acceptors (Lipinski definition) is 5. The molecule has 0 radical (unpaired) electrons. The van der Waals surface area contributed by atoms with Gasteiger partial charge in [0.1, 0.15) is 5.82 Å². The second-order valence-corrected chi connectivity index (χ2v) is 6.16. The predicted molar refractivity (Wildman–Crippen MR) is 101 cm³/mol. The lowest BCUT2D eigenvalue weighted by molar-refractivity contribution is 0.625. The van der Waals surface area contributed by atoms with E-state index in [0.717, 1.165) is 31.0 Å². The monoisotopic (exact) mass is 331 g/mol. The van der Waals surface area contributed by atoms with Crippen molar-refractivity contribution in [3.8, 4) is 11.1 Å². The number of nitrogen functional groups attached to an aromatic ring is 1. The van der Waals surface area contributed by atoms with Crippen LogP contribution in [0.2, 0.25) is 0 Å². The molecule has 5 heteroatoms. The van der Waals surface area contributed by atoms with Crippen LogP contribution in [0.3, 0.4) is 0 Å². The Morgan fingerprint density at radius 3 is 2.68 bits per heavy atom. The summed E-state index contributed by atoms with van der Waals surface area (Å²) in [6.07, 6.45) is 0.915. The van der Waals surface area contributed by atoms with Gasteiger partial charge in [0.05, 0.1) is 5.69 Å². The Hall–Kier alpha value is -2.92. The quantitative estimate of drug-likeness (QED) is 0.685. The third kappa shape index (κ3) is 3.32.